The fraction of sp³-hybridized carbons (Fsp3) is 0.529. The lowest BCUT2D eigenvalue weighted by Crippen LogP contribution is -2.59. The molecule has 0 radical (unpaired) electrons. The van der Waals surface area contributed by atoms with E-state index in [2.05, 4.69) is 0 Å². The van der Waals surface area contributed by atoms with E-state index in [-0.39, 0.29) is 31.7 Å². The van der Waals surface area contributed by atoms with E-state index in [1.165, 1.54) is 9.80 Å². The standard InChI is InChI=1S/C17H23F2N3O3/c1-17(2,3)25-16(24)21-6-7-22(12(9-20)10-21)15(23)13-8-11(18)4-5-14(13)19/h4-5,8,12H,6-7,9-10,20H2,1-3H3. The van der Waals surface area contributed by atoms with Crippen molar-refractivity contribution in [1.82, 2.24) is 9.80 Å². The third-order valence-electron chi connectivity index (χ3n) is 3.83. The van der Waals surface area contributed by atoms with Crippen molar-refractivity contribution in [3.8, 4) is 0 Å². The zero-order valence-electron chi connectivity index (χ0n) is 14.6. The molecule has 2 rings (SSSR count). The summed E-state index contributed by atoms with van der Waals surface area (Å²) in [4.78, 5) is 27.6. The van der Waals surface area contributed by atoms with Gasteiger partial charge in [0, 0.05) is 26.2 Å². The van der Waals surface area contributed by atoms with E-state index in [9.17, 15) is 18.4 Å². The second-order valence-corrected chi connectivity index (χ2v) is 6.94. The summed E-state index contributed by atoms with van der Waals surface area (Å²) in [7, 11) is 0. The average molecular weight is 355 g/mol. The van der Waals surface area contributed by atoms with Gasteiger partial charge in [0.2, 0.25) is 0 Å². The van der Waals surface area contributed by atoms with Crippen LogP contribution < -0.4 is 5.73 Å². The summed E-state index contributed by atoms with van der Waals surface area (Å²) in [5.41, 5.74) is 4.75. The molecule has 0 bridgehead atoms. The number of amides is 2. The maximum absolute atomic E-state index is 13.9. The number of benzene rings is 1. The number of rotatable bonds is 2. The van der Waals surface area contributed by atoms with Gasteiger partial charge in [0.1, 0.15) is 17.2 Å². The molecule has 1 aromatic carbocycles. The molecule has 1 saturated heterocycles. The molecule has 0 saturated carbocycles. The topological polar surface area (TPSA) is 75.9 Å². The van der Waals surface area contributed by atoms with E-state index >= 15 is 0 Å². The van der Waals surface area contributed by atoms with Crippen molar-refractivity contribution in [2.75, 3.05) is 26.2 Å². The van der Waals surface area contributed by atoms with Gasteiger partial charge >= 0.3 is 6.09 Å². The molecule has 25 heavy (non-hydrogen) atoms. The number of carbonyl (C=O) groups is 2. The van der Waals surface area contributed by atoms with E-state index in [1.54, 1.807) is 20.8 Å². The molecule has 1 aliphatic rings. The molecule has 1 heterocycles. The molecule has 2 amide bonds. The molecule has 1 fully saturated rings. The Morgan fingerprint density at radius 1 is 1.28 bits per heavy atom. The van der Waals surface area contributed by atoms with Crippen LogP contribution in [0.4, 0.5) is 13.6 Å². The van der Waals surface area contributed by atoms with Crippen molar-refractivity contribution < 1.29 is 23.1 Å². The van der Waals surface area contributed by atoms with E-state index in [0.29, 0.717) is 0 Å². The van der Waals surface area contributed by atoms with Crippen LogP contribution in [0, 0.1) is 11.6 Å². The monoisotopic (exact) mass is 355 g/mol. The van der Waals surface area contributed by atoms with Gasteiger partial charge in [-0.2, -0.15) is 0 Å². The molecule has 2 N–H and O–H groups in total. The van der Waals surface area contributed by atoms with Gasteiger partial charge in [-0.05, 0) is 39.0 Å². The van der Waals surface area contributed by atoms with Crippen molar-refractivity contribution in [1.29, 1.82) is 0 Å². The quantitative estimate of drug-likeness (QED) is 0.880. The van der Waals surface area contributed by atoms with Crippen LogP contribution >= 0.6 is 0 Å². The van der Waals surface area contributed by atoms with E-state index in [1.807, 2.05) is 0 Å². The Morgan fingerprint density at radius 2 is 1.96 bits per heavy atom. The van der Waals surface area contributed by atoms with Gasteiger partial charge in [0.15, 0.2) is 0 Å². The molecule has 138 valence electrons. The fourth-order valence-electron chi connectivity index (χ4n) is 2.63. The number of ether oxygens (including phenoxy) is 1. The molecule has 1 unspecified atom stereocenters. The molecule has 8 heteroatoms. The number of carbonyl (C=O) groups excluding carboxylic acids is 2. The third-order valence-corrected chi connectivity index (χ3v) is 3.83. The Hall–Kier alpha value is -2.22. The van der Waals surface area contributed by atoms with Crippen molar-refractivity contribution >= 4 is 12.0 Å². The third kappa shape index (κ3) is 4.66. The molecule has 1 atom stereocenters. The van der Waals surface area contributed by atoms with Crippen LogP contribution in [-0.4, -0.2) is 59.6 Å². The normalized spacial score (nSPS) is 18.2. The van der Waals surface area contributed by atoms with Crippen LogP contribution in [0.2, 0.25) is 0 Å². The van der Waals surface area contributed by atoms with Crippen LogP contribution in [0.5, 0.6) is 0 Å². The molecular formula is C17H23F2N3O3. The first-order valence-electron chi connectivity index (χ1n) is 8.06. The highest BCUT2D eigenvalue weighted by atomic mass is 19.1. The number of hydrogen-bond acceptors (Lipinski definition) is 4. The van der Waals surface area contributed by atoms with Crippen LogP contribution in [0.15, 0.2) is 18.2 Å². The predicted molar refractivity (Wildman–Crippen MR) is 88.0 cm³/mol. The average Bonchev–Trinajstić information content (AvgIpc) is 2.54. The maximum atomic E-state index is 13.9. The number of halogens is 2. The molecule has 0 aromatic heterocycles. The highest BCUT2D eigenvalue weighted by Gasteiger charge is 2.34. The van der Waals surface area contributed by atoms with Gasteiger partial charge in [-0.25, -0.2) is 13.6 Å². The smallest absolute Gasteiger partial charge is 0.410 e. The number of nitrogens with zero attached hydrogens (tertiary/aromatic N) is 2. The minimum atomic E-state index is -0.795. The minimum absolute atomic E-state index is 0.0853. The lowest BCUT2D eigenvalue weighted by atomic mass is 10.1. The summed E-state index contributed by atoms with van der Waals surface area (Å²) in [5.74, 6) is -2.13. The van der Waals surface area contributed by atoms with Crippen molar-refractivity contribution in [2.24, 2.45) is 5.73 Å². The number of nitrogens with two attached hydrogens (primary N) is 1. The highest BCUT2D eigenvalue weighted by molar-refractivity contribution is 5.95. The van der Waals surface area contributed by atoms with Crippen LogP contribution in [0.1, 0.15) is 31.1 Å². The highest BCUT2D eigenvalue weighted by Crippen LogP contribution is 2.19. The summed E-state index contributed by atoms with van der Waals surface area (Å²) >= 11 is 0. The first kappa shape index (κ1) is 19.1. The van der Waals surface area contributed by atoms with Gasteiger partial charge in [0.25, 0.3) is 5.91 Å². The zero-order chi connectivity index (χ0) is 18.8. The summed E-state index contributed by atoms with van der Waals surface area (Å²) < 4.78 is 32.5. The summed E-state index contributed by atoms with van der Waals surface area (Å²) in [6, 6.07) is 2.23. The van der Waals surface area contributed by atoms with E-state index < -0.39 is 35.3 Å². The second-order valence-electron chi connectivity index (χ2n) is 6.94. The Kier molecular flexibility index (Phi) is 5.62. The summed E-state index contributed by atoms with van der Waals surface area (Å²) in [6.45, 7) is 5.94. The minimum Gasteiger partial charge on any atom is -0.444 e. The van der Waals surface area contributed by atoms with Crippen LogP contribution in [0.3, 0.4) is 0 Å². The Bertz CT molecular complexity index is 661. The largest absolute Gasteiger partial charge is 0.444 e. The first-order chi connectivity index (χ1) is 11.6. The number of piperazine rings is 1. The molecule has 1 aliphatic heterocycles. The number of hydrogen-bond donors (Lipinski definition) is 1. The SMILES string of the molecule is CC(C)(C)OC(=O)N1CCN(C(=O)c2cc(F)ccc2F)C(CN)C1. The van der Waals surface area contributed by atoms with Gasteiger partial charge in [-0.1, -0.05) is 0 Å². The summed E-state index contributed by atoms with van der Waals surface area (Å²) in [5, 5.41) is 0. The Balaban J connectivity index is 2.13. The van der Waals surface area contributed by atoms with Crippen molar-refractivity contribution in [3.05, 3.63) is 35.4 Å². The second kappa shape index (κ2) is 7.35. The van der Waals surface area contributed by atoms with Crippen molar-refractivity contribution in [3.63, 3.8) is 0 Å². The van der Waals surface area contributed by atoms with Gasteiger partial charge in [0.05, 0.1) is 11.6 Å². The van der Waals surface area contributed by atoms with Crippen LogP contribution in [0.25, 0.3) is 0 Å². The van der Waals surface area contributed by atoms with Gasteiger partial charge in [-0.3, -0.25) is 4.79 Å². The lowest BCUT2D eigenvalue weighted by molar-refractivity contribution is 0.00517. The zero-order valence-corrected chi connectivity index (χ0v) is 14.6. The molecule has 0 aliphatic carbocycles. The fourth-order valence-corrected chi connectivity index (χ4v) is 2.63. The van der Waals surface area contributed by atoms with Crippen molar-refractivity contribution in [2.45, 2.75) is 32.4 Å². The molecule has 6 nitrogen and oxygen atoms in total. The first-order valence-corrected chi connectivity index (χ1v) is 8.06. The molecule has 0 spiro atoms. The van der Waals surface area contributed by atoms with E-state index in [0.717, 1.165) is 18.2 Å². The summed E-state index contributed by atoms with van der Waals surface area (Å²) in [6.07, 6.45) is -0.491. The predicted octanol–water partition coefficient (Wildman–Crippen LogP) is 1.99. The van der Waals surface area contributed by atoms with Crippen LogP contribution in [-0.2, 0) is 4.74 Å². The van der Waals surface area contributed by atoms with E-state index in [4.69, 9.17) is 10.5 Å². The van der Waals surface area contributed by atoms with Gasteiger partial charge in [-0.15, -0.1) is 0 Å². The maximum Gasteiger partial charge on any atom is 0.410 e. The molecule has 1 aromatic rings. The lowest BCUT2D eigenvalue weighted by Gasteiger charge is -2.41. The Labute approximate surface area is 145 Å². The van der Waals surface area contributed by atoms with Gasteiger partial charge < -0.3 is 20.3 Å². The Morgan fingerprint density at radius 3 is 2.56 bits per heavy atom. The molecular weight excluding hydrogens is 332 g/mol.